The molecule has 64 valence electrons. The Kier molecular flexibility index (Phi) is 2.09. The summed E-state index contributed by atoms with van der Waals surface area (Å²) in [6.45, 7) is 0. The molecule has 1 heterocycles. The van der Waals surface area contributed by atoms with Gasteiger partial charge in [0.2, 0.25) is 0 Å². The maximum absolute atomic E-state index is 12.8. The standard InChI is InChI=1S/C10H12FS/c1-12-5-4-8-6-10(11)3-2-9(8)7-12/h2-3,6H,4-5,7H2,1H3/q+1. The molecule has 2 heteroatoms. The Balaban J connectivity index is 2.37. The zero-order chi connectivity index (χ0) is 8.55. The first-order valence-corrected chi connectivity index (χ1v) is 6.09. The lowest BCUT2D eigenvalue weighted by atomic mass is 10.1. The first-order valence-electron chi connectivity index (χ1n) is 4.12. The number of fused-ring (bicyclic) bond motifs is 1. The third-order valence-electron chi connectivity index (χ3n) is 2.29. The van der Waals surface area contributed by atoms with Crippen molar-refractivity contribution in [3.8, 4) is 0 Å². The third kappa shape index (κ3) is 1.48. The van der Waals surface area contributed by atoms with Crippen LogP contribution in [0.25, 0.3) is 0 Å². The molecule has 1 aromatic carbocycles. The quantitative estimate of drug-likeness (QED) is 0.540. The first kappa shape index (κ1) is 8.11. The second-order valence-corrected chi connectivity index (χ2v) is 5.55. The van der Waals surface area contributed by atoms with E-state index in [-0.39, 0.29) is 5.82 Å². The Morgan fingerprint density at radius 3 is 3.00 bits per heavy atom. The van der Waals surface area contributed by atoms with E-state index in [1.807, 2.05) is 6.07 Å². The highest BCUT2D eigenvalue weighted by Crippen LogP contribution is 2.21. The van der Waals surface area contributed by atoms with E-state index in [1.165, 1.54) is 16.9 Å². The maximum atomic E-state index is 12.8. The van der Waals surface area contributed by atoms with Crippen LogP contribution in [0, 0.1) is 5.82 Å². The van der Waals surface area contributed by atoms with Gasteiger partial charge in [-0.25, -0.2) is 4.39 Å². The summed E-state index contributed by atoms with van der Waals surface area (Å²) >= 11 is 0. The Bertz CT molecular complexity index is 296. The number of benzene rings is 1. The van der Waals surface area contributed by atoms with Gasteiger partial charge in [0.15, 0.2) is 0 Å². The van der Waals surface area contributed by atoms with Crippen LogP contribution in [0.3, 0.4) is 0 Å². The van der Waals surface area contributed by atoms with Crippen LogP contribution in [0.2, 0.25) is 0 Å². The van der Waals surface area contributed by atoms with Crippen LogP contribution in [-0.4, -0.2) is 12.0 Å². The van der Waals surface area contributed by atoms with Crippen LogP contribution in [0.15, 0.2) is 18.2 Å². The molecule has 0 fully saturated rings. The Morgan fingerprint density at radius 1 is 1.33 bits per heavy atom. The summed E-state index contributed by atoms with van der Waals surface area (Å²) < 4.78 is 12.8. The van der Waals surface area contributed by atoms with Gasteiger partial charge >= 0.3 is 0 Å². The van der Waals surface area contributed by atoms with Crippen LogP contribution >= 0.6 is 0 Å². The molecule has 0 N–H and O–H groups in total. The van der Waals surface area contributed by atoms with Gasteiger partial charge in [-0.2, -0.15) is 0 Å². The number of aryl methyl sites for hydroxylation is 1. The van der Waals surface area contributed by atoms with Gasteiger partial charge in [0.1, 0.15) is 17.3 Å². The minimum atomic E-state index is -0.0911. The van der Waals surface area contributed by atoms with Crippen molar-refractivity contribution >= 4 is 10.9 Å². The molecule has 0 aromatic heterocycles. The highest BCUT2D eigenvalue weighted by atomic mass is 32.2. The number of halogens is 1. The number of rotatable bonds is 0. The van der Waals surface area contributed by atoms with Gasteiger partial charge in [0.05, 0.1) is 6.26 Å². The number of hydrogen-bond donors (Lipinski definition) is 0. The molecule has 1 aliphatic heterocycles. The van der Waals surface area contributed by atoms with E-state index in [0.717, 1.165) is 12.2 Å². The Hall–Kier alpha value is -0.500. The molecule has 1 atom stereocenters. The predicted molar refractivity (Wildman–Crippen MR) is 52.0 cm³/mol. The van der Waals surface area contributed by atoms with E-state index in [1.54, 1.807) is 12.1 Å². The molecule has 0 aliphatic carbocycles. The van der Waals surface area contributed by atoms with Crippen LogP contribution in [0.5, 0.6) is 0 Å². The van der Waals surface area contributed by atoms with Crippen molar-refractivity contribution < 1.29 is 4.39 Å². The molecule has 2 rings (SSSR count). The summed E-state index contributed by atoms with van der Waals surface area (Å²) in [5, 5.41) is 0. The summed E-state index contributed by atoms with van der Waals surface area (Å²) in [5.41, 5.74) is 2.58. The second kappa shape index (κ2) is 3.09. The van der Waals surface area contributed by atoms with Crippen molar-refractivity contribution in [3.63, 3.8) is 0 Å². The van der Waals surface area contributed by atoms with Crippen LogP contribution in [0.1, 0.15) is 11.1 Å². The van der Waals surface area contributed by atoms with Crippen molar-refractivity contribution in [2.24, 2.45) is 0 Å². The van der Waals surface area contributed by atoms with Gasteiger partial charge in [0, 0.05) is 12.0 Å². The zero-order valence-corrected chi connectivity index (χ0v) is 7.96. The fourth-order valence-electron chi connectivity index (χ4n) is 1.59. The minimum absolute atomic E-state index is 0.0911. The molecule has 0 saturated heterocycles. The molecule has 0 bridgehead atoms. The fourth-order valence-corrected chi connectivity index (χ4v) is 3.12. The van der Waals surface area contributed by atoms with E-state index in [4.69, 9.17) is 0 Å². The largest absolute Gasteiger partial charge is 0.207 e. The molecule has 12 heavy (non-hydrogen) atoms. The highest BCUT2D eigenvalue weighted by Gasteiger charge is 2.21. The van der Waals surface area contributed by atoms with Crippen molar-refractivity contribution in [2.45, 2.75) is 12.2 Å². The van der Waals surface area contributed by atoms with Crippen molar-refractivity contribution in [1.29, 1.82) is 0 Å². The van der Waals surface area contributed by atoms with E-state index >= 15 is 0 Å². The van der Waals surface area contributed by atoms with Crippen LogP contribution in [-0.2, 0) is 23.1 Å². The maximum Gasteiger partial charge on any atom is 0.133 e. The van der Waals surface area contributed by atoms with Gasteiger partial charge in [0.25, 0.3) is 0 Å². The Morgan fingerprint density at radius 2 is 2.17 bits per heavy atom. The third-order valence-corrected chi connectivity index (χ3v) is 3.99. The minimum Gasteiger partial charge on any atom is -0.207 e. The van der Waals surface area contributed by atoms with E-state index in [9.17, 15) is 4.39 Å². The molecule has 0 saturated carbocycles. The van der Waals surface area contributed by atoms with E-state index in [0.29, 0.717) is 10.9 Å². The van der Waals surface area contributed by atoms with Gasteiger partial charge in [-0.1, -0.05) is 6.07 Å². The summed E-state index contributed by atoms with van der Waals surface area (Å²) in [6.07, 6.45) is 3.35. The topological polar surface area (TPSA) is 0 Å². The molecular weight excluding hydrogens is 171 g/mol. The zero-order valence-electron chi connectivity index (χ0n) is 7.14. The molecule has 0 spiro atoms. The fraction of sp³-hybridized carbons (Fsp3) is 0.400. The van der Waals surface area contributed by atoms with E-state index in [2.05, 4.69) is 6.26 Å². The van der Waals surface area contributed by atoms with E-state index < -0.39 is 0 Å². The SMILES string of the molecule is C[S+]1CCc2cc(F)ccc2C1. The van der Waals surface area contributed by atoms with Crippen molar-refractivity contribution in [1.82, 2.24) is 0 Å². The van der Waals surface area contributed by atoms with Gasteiger partial charge in [-0.15, -0.1) is 0 Å². The summed E-state index contributed by atoms with van der Waals surface area (Å²) in [7, 11) is 0.519. The monoisotopic (exact) mass is 183 g/mol. The average molecular weight is 183 g/mol. The molecule has 0 amide bonds. The lowest BCUT2D eigenvalue weighted by Gasteiger charge is -2.14. The van der Waals surface area contributed by atoms with Crippen molar-refractivity contribution in [3.05, 3.63) is 35.1 Å². The van der Waals surface area contributed by atoms with Gasteiger partial charge in [-0.3, -0.25) is 0 Å². The number of hydrogen-bond acceptors (Lipinski definition) is 0. The lowest BCUT2D eigenvalue weighted by Crippen LogP contribution is -2.18. The highest BCUT2D eigenvalue weighted by molar-refractivity contribution is 7.95. The summed E-state index contributed by atoms with van der Waals surface area (Å²) in [5.74, 6) is 2.29. The molecule has 0 radical (unpaired) electrons. The van der Waals surface area contributed by atoms with Crippen molar-refractivity contribution in [2.75, 3.05) is 12.0 Å². The normalized spacial score (nSPS) is 22.0. The summed E-state index contributed by atoms with van der Waals surface area (Å²) in [4.78, 5) is 0. The second-order valence-electron chi connectivity index (χ2n) is 3.29. The van der Waals surface area contributed by atoms with Crippen LogP contribution in [0.4, 0.5) is 4.39 Å². The molecule has 0 nitrogen and oxygen atoms in total. The smallest absolute Gasteiger partial charge is 0.133 e. The van der Waals surface area contributed by atoms with Gasteiger partial charge < -0.3 is 0 Å². The molecule has 1 aliphatic rings. The first-order chi connectivity index (χ1) is 5.75. The Labute approximate surface area is 75.1 Å². The lowest BCUT2D eigenvalue weighted by molar-refractivity contribution is 0.625. The molecule has 1 unspecified atom stereocenters. The summed E-state index contributed by atoms with van der Waals surface area (Å²) in [6, 6.07) is 5.19. The average Bonchev–Trinajstić information content (AvgIpc) is 2.05. The van der Waals surface area contributed by atoms with Crippen LogP contribution < -0.4 is 0 Å². The van der Waals surface area contributed by atoms with Gasteiger partial charge in [-0.05, 0) is 28.6 Å². The molecule has 1 aromatic rings. The molecular formula is C10H12FS+. The predicted octanol–water partition coefficient (Wildman–Crippen LogP) is 2.13.